The Balaban J connectivity index is 2.89. The largest absolute Gasteiger partial charge is 0.453 e. The van der Waals surface area contributed by atoms with Crippen LogP contribution in [-0.2, 0) is 13.0 Å². The van der Waals surface area contributed by atoms with Crippen molar-refractivity contribution in [2.24, 2.45) is 0 Å². The van der Waals surface area contributed by atoms with Crippen LogP contribution in [0.1, 0.15) is 5.56 Å². The third-order valence-corrected chi connectivity index (χ3v) is 11.9. The molecular formula is C17H34O3Si4. The van der Waals surface area contributed by atoms with Crippen molar-refractivity contribution in [3.8, 4) is 0 Å². The van der Waals surface area contributed by atoms with E-state index in [2.05, 4.69) is 77.2 Å². The molecule has 1 rings (SSSR count). The number of hydrogen-bond acceptors (Lipinski definition) is 3. The van der Waals surface area contributed by atoms with E-state index in [1.54, 1.807) is 0 Å². The minimum atomic E-state index is -2.00. The van der Waals surface area contributed by atoms with Crippen LogP contribution in [0.15, 0.2) is 30.8 Å². The molecule has 1 aromatic carbocycles. The lowest BCUT2D eigenvalue weighted by Crippen LogP contribution is -2.51. The number of benzene rings is 1. The highest BCUT2D eigenvalue weighted by Gasteiger charge is 2.32. The molecule has 0 aromatic heterocycles. The van der Waals surface area contributed by atoms with E-state index in [4.69, 9.17) is 13.0 Å². The molecule has 0 bridgehead atoms. The van der Waals surface area contributed by atoms with E-state index < -0.39 is 34.7 Å². The Hall–Kier alpha value is -0.292. The van der Waals surface area contributed by atoms with Crippen LogP contribution in [0.5, 0.6) is 0 Å². The first kappa shape index (κ1) is 21.7. The molecule has 0 radical (unpaired) electrons. The summed E-state index contributed by atoms with van der Waals surface area (Å²) in [4.78, 5) is 0. The molecule has 0 N–H and O–H groups in total. The summed E-state index contributed by atoms with van der Waals surface area (Å²) >= 11 is 0. The summed E-state index contributed by atoms with van der Waals surface area (Å²) in [6.45, 7) is 21.7. The lowest BCUT2D eigenvalue weighted by atomic mass is 10.2. The van der Waals surface area contributed by atoms with Crippen LogP contribution in [0, 0.1) is 0 Å². The first-order chi connectivity index (χ1) is 10.8. The zero-order valence-corrected chi connectivity index (χ0v) is 21.0. The third-order valence-electron chi connectivity index (χ3n) is 3.38. The molecule has 7 heteroatoms. The maximum Gasteiger partial charge on any atom is 0.208 e. The summed E-state index contributed by atoms with van der Waals surface area (Å²) in [6, 6.07) is 8.41. The summed E-state index contributed by atoms with van der Waals surface area (Å²) in [6.07, 6.45) is 1.92. The molecule has 0 saturated heterocycles. The molecule has 0 atom stereocenters. The van der Waals surface area contributed by atoms with E-state index in [1.165, 1.54) is 10.8 Å². The Morgan fingerprint density at radius 2 is 1.42 bits per heavy atom. The van der Waals surface area contributed by atoms with Gasteiger partial charge in [-0.05, 0) is 63.1 Å². The molecule has 0 unspecified atom stereocenters. The lowest BCUT2D eigenvalue weighted by Gasteiger charge is -2.34. The van der Waals surface area contributed by atoms with E-state index in [-0.39, 0.29) is 5.91 Å². The van der Waals surface area contributed by atoms with E-state index in [0.717, 1.165) is 0 Å². The Morgan fingerprint density at radius 3 is 1.88 bits per heavy atom. The molecule has 0 aliphatic carbocycles. The third kappa shape index (κ3) is 7.73. The average molecular weight is 399 g/mol. The molecule has 136 valence electrons. The van der Waals surface area contributed by atoms with Gasteiger partial charge in [0.25, 0.3) is 0 Å². The van der Waals surface area contributed by atoms with Gasteiger partial charge in [0.2, 0.25) is 18.1 Å². The van der Waals surface area contributed by atoms with Gasteiger partial charge < -0.3 is 13.0 Å². The van der Waals surface area contributed by atoms with Gasteiger partial charge in [-0.25, -0.2) is 0 Å². The maximum absolute atomic E-state index is 6.54. The minimum absolute atomic E-state index is 0.133. The normalized spacial score (nSPS) is 13.9. The van der Waals surface area contributed by atoms with Crippen LogP contribution >= 0.6 is 0 Å². The van der Waals surface area contributed by atoms with Crippen LogP contribution in [0.25, 0.3) is 6.08 Å². The SMILES string of the molecule is C=Cc1ccccc1[Si](C)(C)O[SiH2]C(O[Si](C)(C)C)O[Si](C)(C)C. The van der Waals surface area contributed by atoms with E-state index in [1.807, 2.05) is 12.1 Å². The number of rotatable bonds is 9. The fourth-order valence-electron chi connectivity index (χ4n) is 2.46. The molecular weight excluding hydrogens is 365 g/mol. The Labute approximate surface area is 153 Å². The summed E-state index contributed by atoms with van der Waals surface area (Å²) in [5, 5.41) is 1.30. The van der Waals surface area contributed by atoms with Crippen molar-refractivity contribution in [1.29, 1.82) is 0 Å². The van der Waals surface area contributed by atoms with E-state index in [9.17, 15) is 0 Å². The molecule has 0 aliphatic rings. The Kier molecular flexibility index (Phi) is 7.61. The molecule has 0 saturated carbocycles. The molecule has 0 spiro atoms. The van der Waals surface area contributed by atoms with Crippen LogP contribution in [0.2, 0.25) is 52.4 Å². The van der Waals surface area contributed by atoms with Gasteiger partial charge in [-0.15, -0.1) is 0 Å². The van der Waals surface area contributed by atoms with Crippen molar-refractivity contribution in [1.82, 2.24) is 0 Å². The highest BCUT2D eigenvalue weighted by atomic mass is 28.4. The smallest absolute Gasteiger partial charge is 0.208 e. The molecule has 24 heavy (non-hydrogen) atoms. The monoisotopic (exact) mass is 398 g/mol. The van der Waals surface area contributed by atoms with E-state index in [0.29, 0.717) is 0 Å². The lowest BCUT2D eigenvalue weighted by molar-refractivity contribution is 0.0529. The van der Waals surface area contributed by atoms with Gasteiger partial charge >= 0.3 is 0 Å². The standard InChI is InChI=1S/C17H34O3Si4/c1-10-15-13-11-12-14-16(15)24(8,9)20-21-17(18-22(2,3)4)19-23(5,6)7/h10-14,17H,1,21H2,2-9H3. The van der Waals surface area contributed by atoms with Crippen LogP contribution in [-0.4, -0.2) is 40.6 Å². The summed E-state index contributed by atoms with van der Waals surface area (Å²) in [7, 11) is -6.28. The second-order valence-corrected chi connectivity index (χ2v) is 23.1. The van der Waals surface area contributed by atoms with Gasteiger partial charge in [0.15, 0.2) is 16.6 Å². The maximum atomic E-state index is 6.54. The molecule has 3 nitrogen and oxygen atoms in total. The van der Waals surface area contributed by atoms with Crippen LogP contribution < -0.4 is 5.19 Å². The predicted molar refractivity (Wildman–Crippen MR) is 116 cm³/mol. The zero-order chi connectivity index (χ0) is 18.6. The minimum Gasteiger partial charge on any atom is -0.453 e. The van der Waals surface area contributed by atoms with Crippen molar-refractivity contribution >= 4 is 46.0 Å². The van der Waals surface area contributed by atoms with Gasteiger partial charge in [0, 0.05) is 0 Å². The zero-order valence-electron chi connectivity index (χ0n) is 16.6. The number of hydrogen-bond donors (Lipinski definition) is 0. The Morgan fingerprint density at radius 1 is 0.917 bits per heavy atom. The fraction of sp³-hybridized carbons (Fsp3) is 0.529. The molecule has 0 amide bonds. The first-order valence-electron chi connectivity index (χ1n) is 8.55. The van der Waals surface area contributed by atoms with Crippen LogP contribution in [0.3, 0.4) is 0 Å². The molecule has 0 fully saturated rings. The topological polar surface area (TPSA) is 27.7 Å². The predicted octanol–water partition coefficient (Wildman–Crippen LogP) is 3.83. The summed E-state index contributed by atoms with van der Waals surface area (Å²) in [5.41, 5.74) is 1.18. The molecule has 1 aromatic rings. The van der Waals surface area contributed by atoms with Gasteiger partial charge in [0.05, 0.1) is 0 Å². The van der Waals surface area contributed by atoms with Crippen molar-refractivity contribution in [2.75, 3.05) is 0 Å². The van der Waals surface area contributed by atoms with Gasteiger partial charge in [-0.3, -0.25) is 0 Å². The Bertz CT molecular complexity index is 532. The van der Waals surface area contributed by atoms with Crippen LogP contribution in [0.4, 0.5) is 0 Å². The van der Waals surface area contributed by atoms with Crippen molar-refractivity contribution in [3.63, 3.8) is 0 Å². The average Bonchev–Trinajstić information content (AvgIpc) is 2.41. The van der Waals surface area contributed by atoms with Gasteiger partial charge in [0.1, 0.15) is 5.91 Å². The molecule has 0 aliphatic heterocycles. The summed E-state index contributed by atoms with van der Waals surface area (Å²) in [5.74, 6) is -0.133. The summed E-state index contributed by atoms with van der Waals surface area (Å²) < 4.78 is 19.1. The fourth-order valence-corrected chi connectivity index (χ4v) is 12.0. The first-order valence-corrected chi connectivity index (χ1v) is 19.7. The van der Waals surface area contributed by atoms with E-state index >= 15 is 0 Å². The highest BCUT2D eigenvalue weighted by molar-refractivity contribution is 6.87. The van der Waals surface area contributed by atoms with Gasteiger partial charge in [-0.1, -0.05) is 36.9 Å². The van der Waals surface area contributed by atoms with Crippen molar-refractivity contribution in [2.45, 2.75) is 58.3 Å². The van der Waals surface area contributed by atoms with Crippen molar-refractivity contribution in [3.05, 3.63) is 36.4 Å². The molecule has 0 heterocycles. The quantitative estimate of drug-likeness (QED) is 0.467. The van der Waals surface area contributed by atoms with Crippen molar-refractivity contribution < 1.29 is 13.0 Å². The van der Waals surface area contributed by atoms with Gasteiger partial charge in [-0.2, -0.15) is 0 Å². The highest BCUT2D eigenvalue weighted by Crippen LogP contribution is 2.16. The second kappa shape index (κ2) is 8.39. The second-order valence-electron chi connectivity index (χ2n) is 8.50.